The Labute approximate surface area is 104 Å². The predicted octanol–water partition coefficient (Wildman–Crippen LogP) is 5.20. The van der Waals surface area contributed by atoms with E-state index in [2.05, 4.69) is 25.5 Å². The second kappa shape index (κ2) is 13.1. The van der Waals surface area contributed by atoms with Crippen molar-refractivity contribution in [1.29, 1.82) is 0 Å². The van der Waals surface area contributed by atoms with Gasteiger partial charge in [-0.2, -0.15) is 0 Å². The van der Waals surface area contributed by atoms with E-state index in [1.165, 1.54) is 36.1 Å². The fourth-order valence-electron chi connectivity index (χ4n) is 1.07. The Morgan fingerprint density at radius 3 is 1.73 bits per heavy atom. The summed E-state index contributed by atoms with van der Waals surface area (Å²) in [5, 5.41) is 0. The van der Waals surface area contributed by atoms with E-state index in [1.54, 1.807) is 0 Å². The molecule has 0 unspecified atom stereocenters. The molecule has 5 heteroatoms. The van der Waals surface area contributed by atoms with Crippen LogP contribution in [0.3, 0.4) is 0 Å². The number of thiol groups is 1. The van der Waals surface area contributed by atoms with Crippen LogP contribution >= 0.6 is 29.7 Å². The highest BCUT2D eigenvalue weighted by molar-refractivity contribution is 8.92. The van der Waals surface area contributed by atoms with Crippen molar-refractivity contribution in [3.05, 3.63) is 0 Å². The highest BCUT2D eigenvalue weighted by Gasteiger charge is 2.08. The second-order valence-electron chi connectivity index (χ2n) is 3.39. The molecule has 0 amide bonds. The summed E-state index contributed by atoms with van der Waals surface area (Å²) < 4.78 is 11.2. The first kappa shape index (κ1) is 16.1. The minimum Gasteiger partial charge on any atom is -0.325 e. The zero-order valence-electron chi connectivity index (χ0n) is 9.78. The van der Waals surface area contributed by atoms with Gasteiger partial charge in [-0.3, -0.25) is 0 Å². The van der Waals surface area contributed by atoms with Crippen molar-refractivity contribution in [2.75, 3.05) is 13.2 Å². The summed E-state index contributed by atoms with van der Waals surface area (Å²) in [4.78, 5) is 0. The van der Waals surface area contributed by atoms with Gasteiger partial charge in [0.1, 0.15) is 0 Å². The van der Waals surface area contributed by atoms with Crippen LogP contribution in [-0.2, 0) is 9.05 Å². The third-order valence-electron chi connectivity index (χ3n) is 1.96. The van der Waals surface area contributed by atoms with Gasteiger partial charge in [-0.05, 0) is 23.3 Å². The first-order valence-corrected chi connectivity index (χ1v) is 9.37. The molecule has 92 valence electrons. The molecule has 0 aromatic heterocycles. The quantitative estimate of drug-likeness (QED) is 0.241. The molecule has 0 bridgehead atoms. The molecule has 0 aliphatic rings. The molecular formula is C10H23O2PS2. The summed E-state index contributed by atoms with van der Waals surface area (Å²) in [6, 6.07) is 0. The molecule has 15 heavy (non-hydrogen) atoms. The molecule has 0 fully saturated rings. The lowest BCUT2D eigenvalue weighted by atomic mass is 10.3. The largest absolute Gasteiger partial charge is 0.325 e. The van der Waals surface area contributed by atoms with Crippen molar-refractivity contribution in [1.82, 2.24) is 0 Å². The third-order valence-corrected chi connectivity index (χ3v) is 5.11. The average Bonchev–Trinajstić information content (AvgIpc) is 2.27. The summed E-state index contributed by atoms with van der Waals surface area (Å²) in [6.45, 7) is 6.00. The van der Waals surface area contributed by atoms with E-state index in [0.29, 0.717) is 0 Å². The Bertz CT molecular complexity index is 116. The molecule has 0 aliphatic heterocycles. The topological polar surface area (TPSA) is 18.5 Å². The lowest BCUT2D eigenvalue weighted by molar-refractivity contribution is 0.253. The van der Waals surface area contributed by atoms with E-state index in [-0.39, 0.29) is 0 Å². The number of hydrogen-bond donors (Lipinski definition) is 1. The van der Waals surface area contributed by atoms with Gasteiger partial charge < -0.3 is 9.05 Å². The van der Waals surface area contributed by atoms with E-state index in [0.717, 1.165) is 26.1 Å². The lowest BCUT2D eigenvalue weighted by Crippen LogP contribution is -1.93. The molecule has 0 aromatic carbocycles. The first-order valence-electron chi connectivity index (χ1n) is 5.72. The molecule has 0 atom stereocenters. The van der Waals surface area contributed by atoms with Crippen LogP contribution in [0.2, 0.25) is 0 Å². The summed E-state index contributed by atoms with van der Waals surface area (Å²) in [5.74, 6) is 0. The maximum atomic E-state index is 5.60. The van der Waals surface area contributed by atoms with Gasteiger partial charge in [0.05, 0.1) is 13.2 Å². The molecule has 0 radical (unpaired) electrons. The Morgan fingerprint density at radius 1 is 0.933 bits per heavy atom. The van der Waals surface area contributed by atoms with Gasteiger partial charge >= 0.3 is 0 Å². The van der Waals surface area contributed by atoms with Crippen LogP contribution in [0.15, 0.2) is 0 Å². The minimum absolute atomic E-state index is 0.806. The maximum Gasteiger partial charge on any atom is 0.249 e. The Hall–Kier alpha value is 1.05. The zero-order valence-corrected chi connectivity index (χ0v) is 12.4. The van der Waals surface area contributed by atoms with Crippen LogP contribution in [0, 0.1) is 0 Å². The molecule has 0 rings (SSSR count). The van der Waals surface area contributed by atoms with Crippen LogP contribution in [0.25, 0.3) is 0 Å². The Morgan fingerprint density at radius 2 is 1.40 bits per heavy atom. The van der Waals surface area contributed by atoms with Crippen molar-refractivity contribution in [3.63, 3.8) is 0 Å². The van der Waals surface area contributed by atoms with Crippen molar-refractivity contribution < 1.29 is 9.05 Å². The fourth-order valence-corrected chi connectivity index (χ4v) is 3.37. The highest BCUT2D eigenvalue weighted by atomic mass is 33.3. The summed E-state index contributed by atoms with van der Waals surface area (Å²) in [5.41, 5.74) is 0. The van der Waals surface area contributed by atoms with Crippen molar-refractivity contribution in [3.8, 4) is 0 Å². The van der Waals surface area contributed by atoms with Crippen LogP contribution < -0.4 is 0 Å². The molecule has 0 saturated heterocycles. The maximum absolute atomic E-state index is 5.60. The number of unbranched alkanes of at least 4 members (excludes halogenated alkanes) is 4. The summed E-state index contributed by atoms with van der Waals surface area (Å²) >= 11 is 4.16. The Kier molecular flexibility index (Phi) is 14.0. The first-order chi connectivity index (χ1) is 7.35. The zero-order chi connectivity index (χ0) is 11.4. The number of hydrogen-bond acceptors (Lipinski definition) is 4. The van der Waals surface area contributed by atoms with Gasteiger partial charge in [-0.15, -0.1) is 11.7 Å². The predicted molar refractivity (Wildman–Crippen MR) is 74.5 cm³/mol. The molecule has 0 N–H and O–H groups in total. The molecule has 0 saturated carbocycles. The van der Waals surface area contributed by atoms with Crippen LogP contribution in [0.5, 0.6) is 0 Å². The molecule has 0 heterocycles. The number of rotatable bonds is 11. The minimum atomic E-state index is -0.811. The van der Waals surface area contributed by atoms with Crippen molar-refractivity contribution in [2.45, 2.75) is 52.4 Å². The molecule has 0 aliphatic carbocycles. The normalized spacial score (nSPS) is 11.2. The van der Waals surface area contributed by atoms with Crippen molar-refractivity contribution >= 4 is 29.7 Å². The standard InChI is InChI=1S/C10H23O2PS2/c1-3-5-7-9-11-13(15-14)12-10-8-6-4-2/h14H,3-10H2,1-2H3. The lowest BCUT2D eigenvalue weighted by Gasteiger charge is -2.13. The van der Waals surface area contributed by atoms with Crippen LogP contribution in [-0.4, -0.2) is 13.2 Å². The van der Waals surface area contributed by atoms with Gasteiger partial charge in [-0.25, -0.2) is 0 Å². The summed E-state index contributed by atoms with van der Waals surface area (Å²) in [6.07, 6.45) is 7.18. The average molecular weight is 270 g/mol. The SMILES string of the molecule is CCCCCOP(OCCCCC)SS. The van der Waals surface area contributed by atoms with Crippen LogP contribution in [0.4, 0.5) is 0 Å². The monoisotopic (exact) mass is 270 g/mol. The van der Waals surface area contributed by atoms with Gasteiger partial charge in [0.2, 0.25) is 7.58 Å². The molecule has 2 nitrogen and oxygen atoms in total. The van der Waals surface area contributed by atoms with E-state index in [1.807, 2.05) is 0 Å². The second-order valence-corrected chi connectivity index (χ2v) is 7.37. The van der Waals surface area contributed by atoms with Gasteiger partial charge in [0.15, 0.2) is 0 Å². The molecular weight excluding hydrogens is 247 g/mol. The van der Waals surface area contributed by atoms with Gasteiger partial charge in [0, 0.05) is 0 Å². The third kappa shape index (κ3) is 11.3. The van der Waals surface area contributed by atoms with E-state index >= 15 is 0 Å². The summed E-state index contributed by atoms with van der Waals surface area (Å²) in [7, 11) is 0.590. The fraction of sp³-hybridized carbons (Fsp3) is 1.00. The van der Waals surface area contributed by atoms with E-state index in [9.17, 15) is 0 Å². The Balaban J connectivity index is 3.29. The van der Waals surface area contributed by atoms with Gasteiger partial charge in [0.25, 0.3) is 0 Å². The van der Waals surface area contributed by atoms with Crippen LogP contribution in [0.1, 0.15) is 52.4 Å². The van der Waals surface area contributed by atoms with E-state index in [4.69, 9.17) is 9.05 Å². The van der Waals surface area contributed by atoms with Gasteiger partial charge in [-0.1, -0.05) is 39.5 Å². The van der Waals surface area contributed by atoms with E-state index < -0.39 is 7.58 Å². The smallest absolute Gasteiger partial charge is 0.249 e. The molecule has 0 aromatic rings. The molecule has 0 spiro atoms. The highest BCUT2D eigenvalue weighted by Crippen LogP contribution is 2.54. The van der Waals surface area contributed by atoms with Crippen molar-refractivity contribution in [2.24, 2.45) is 0 Å².